The van der Waals surface area contributed by atoms with Crippen LogP contribution in [0.5, 0.6) is 0 Å². The second-order valence-electron chi connectivity index (χ2n) is 3.56. The summed E-state index contributed by atoms with van der Waals surface area (Å²) in [6.07, 6.45) is 3.10. The Hall–Kier alpha value is -1.57. The molecular formula is C12H15NO. The molecule has 1 aromatic rings. The fourth-order valence-corrected chi connectivity index (χ4v) is 1.20. The maximum Gasteiger partial charge on any atom is 0.241 e. The molecule has 1 rings (SSSR count). The summed E-state index contributed by atoms with van der Waals surface area (Å²) >= 11 is 0. The molecule has 2 heteroatoms. The van der Waals surface area contributed by atoms with Crippen molar-refractivity contribution in [3.63, 3.8) is 0 Å². The van der Waals surface area contributed by atoms with Gasteiger partial charge in [0.1, 0.15) is 0 Å². The van der Waals surface area contributed by atoms with Crippen molar-refractivity contribution in [2.24, 2.45) is 5.73 Å². The Kier molecular flexibility index (Phi) is 3.46. The molecule has 0 aromatic heterocycles. The van der Waals surface area contributed by atoms with Crippen molar-refractivity contribution in [2.75, 3.05) is 0 Å². The number of primary amides is 1. The van der Waals surface area contributed by atoms with Gasteiger partial charge in [0.25, 0.3) is 0 Å². The number of benzene rings is 1. The van der Waals surface area contributed by atoms with Crippen LogP contribution in [0.2, 0.25) is 0 Å². The predicted molar refractivity (Wildman–Crippen MR) is 58.8 cm³/mol. The maximum absolute atomic E-state index is 10.5. The van der Waals surface area contributed by atoms with Crippen LogP contribution in [0.15, 0.2) is 30.3 Å². The molecule has 0 atom stereocenters. The number of carbonyl (C=O) groups is 1. The van der Waals surface area contributed by atoms with Gasteiger partial charge < -0.3 is 5.73 Å². The molecule has 0 spiro atoms. The lowest BCUT2D eigenvalue weighted by Gasteiger charge is -2.05. The lowest BCUT2D eigenvalue weighted by atomic mass is 10.0. The Morgan fingerprint density at radius 3 is 2.71 bits per heavy atom. The first-order valence-corrected chi connectivity index (χ1v) is 4.67. The molecule has 0 radical (unpaired) electrons. The summed E-state index contributed by atoms with van der Waals surface area (Å²) < 4.78 is 0. The Morgan fingerprint density at radius 2 is 2.14 bits per heavy atom. The van der Waals surface area contributed by atoms with E-state index in [9.17, 15) is 4.79 Å². The molecule has 0 fully saturated rings. The zero-order valence-corrected chi connectivity index (χ0v) is 8.53. The number of hydrogen-bond donors (Lipinski definition) is 1. The van der Waals surface area contributed by atoms with Gasteiger partial charge >= 0.3 is 0 Å². The van der Waals surface area contributed by atoms with Crippen molar-refractivity contribution < 1.29 is 4.79 Å². The van der Waals surface area contributed by atoms with Gasteiger partial charge in [0.2, 0.25) is 5.91 Å². The number of carbonyl (C=O) groups excluding carboxylic acids is 1. The van der Waals surface area contributed by atoms with E-state index in [1.165, 1.54) is 11.6 Å². The van der Waals surface area contributed by atoms with E-state index in [-0.39, 0.29) is 0 Å². The topological polar surface area (TPSA) is 43.1 Å². The smallest absolute Gasteiger partial charge is 0.241 e. The highest BCUT2D eigenvalue weighted by atomic mass is 16.1. The zero-order valence-electron chi connectivity index (χ0n) is 8.53. The predicted octanol–water partition coefficient (Wildman–Crippen LogP) is 2.31. The van der Waals surface area contributed by atoms with E-state index in [0.29, 0.717) is 5.92 Å². The Bertz CT molecular complexity index is 353. The zero-order chi connectivity index (χ0) is 10.6. The van der Waals surface area contributed by atoms with E-state index < -0.39 is 5.91 Å². The summed E-state index contributed by atoms with van der Waals surface area (Å²) in [5, 5.41) is 0. The average Bonchev–Trinajstić information content (AvgIpc) is 2.15. The van der Waals surface area contributed by atoms with Crippen LogP contribution in [-0.4, -0.2) is 5.91 Å². The first kappa shape index (κ1) is 10.5. The molecule has 1 amide bonds. The van der Waals surface area contributed by atoms with Gasteiger partial charge in [0.05, 0.1) is 0 Å². The van der Waals surface area contributed by atoms with Crippen molar-refractivity contribution in [1.82, 2.24) is 0 Å². The molecule has 74 valence electrons. The van der Waals surface area contributed by atoms with Crippen LogP contribution in [-0.2, 0) is 4.79 Å². The summed E-state index contributed by atoms with van der Waals surface area (Å²) in [5.41, 5.74) is 7.28. The van der Waals surface area contributed by atoms with Crippen LogP contribution in [0.4, 0.5) is 0 Å². The molecule has 0 aliphatic heterocycles. The molecule has 0 aliphatic rings. The van der Waals surface area contributed by atoms with Crippen molar-refractivity contribution >= 4 is 12.0 Å². The number of hydrogen-bond acceptors (Lipinski definition) is 1. The van der Waals surface area contributed by atoms with Crippen LogP contribution < -0.4 is 5.73 Å². The SMILES string of the molecule is CC(C)c1cccc(/C=C/C(N)=O)c1. The summed E-state index contributed by atoms with van der Waals surface area (Å²) in [7, 11) is 0. The highest BCUT2D eigenvalue weighted by Gasteiger charge is 1.98. The van der Waals surface area contributed by atoms with E-state index >= 15 is 0 Å². The first-order chi connectivity index (χ1) is 6.59. The highest BCUT2D eigenvalue weighted by molar-refractivity contribution is 5.90. The third kappa shape index (κ3) is 3.05. The third-order valence-corrected chi connectivity index (χ3v) is 2.02. The van der Waals surface area contributed by atoms with Crippen LogP contribution in [0.25, 0.3) is 6.08 Å². The van der Waals surface area contributed by atoms with E-state index in [1.54, 1.807) is 6.08 Å². The van der Waals surface area contributed by atoms with Crippen LogP contribution in [0, 0.1) is 0 Å². The summed E-state index contributed by atoms with van der Waals surface area (Å²) in [4.78, 5) is 10.5. The molecule has 0 heterocycles. The molecule has 0 unspecified atom stereocenters. The normalized spacial score (nSPS) is 11.1. The first-order valence-electron chi connectivity index (χ1n) is 4.67. The quantitative estimate of drug-likeness (QED) is 0.728. The van der Waals surface area contributed by atoms with E-state index in [1.807, 2.05) is 12.1 Å². The van der Waals surface area contributed by atoms with Gasteiger partial charge in [-0.15, -0.1) is 0 Å². The van der Waals surface area contributed by atoms with Gasteiger partial charge in [0, 0.05) is 6.08 Å². The molecule has 0 bridgehead atoms. The fourth-order valence-electron chi connectivity index (χ4n) is 1.20. The Balaban J connectivity index is 2.89. The monoisotopic (exact) mass is 189 g/mol. The molecule has 1 aromatic carbocycles. The van der Waals surface area contributed by atoms with Crippen LogP contribution in [0.1, 0.15) is 30.9 Å². The summed E-state index contributed by atoms with van der Waals surface area (Å²) in [5.74, 6) is 0.0804. The van der Waals surface area contributed by atoms with Crippen LogP contribution >= 0.6 is 0 Å². The molecule has 0 saturated heterocycles. The molecule has 0 aliphatic carbocycles. The molecule has 2 nitrogen and oxygen atoms in total. The van der Waals surface area contributed by atoms with Gasteiger partial charge in [-0.2, -0.15) is 0 Å². The standard InChI is InChI=1S/C12H15NO/c1-9(2)11-5-3-4-10(8-11)6-7-12(13)14/h3-9H,1-2H3,(H2,13,14)/b7-6+. The van der Waals surface area contributed by atoms with Crippen molar-refractivity contribution in [2.45, 2.75) is 19.8 Å². The van der Waals surface area contributed by atoms with Crippen molar-refractivity contribution in [3.8, 4) is 0 Å². The molecular weight excluding hydrogens is 174 g/mol. The molecule has 2 N–H and O–H groups in total. The minimum atomic E-state index is -0.417. The molecule has 0 saturated carbocycles. The van der Waals surface area contributed by atoms with E-state index in [2.05, 4.69) is 26.0 Å². The second-order valence-corrected chi connectivity index (χ2v) is 3.56. The van der Waals surface area contributed by atoms with E-state index in [4.69, 9.17) is 5.73 Å². The van der Waals surface area contributed by atoms with Crippen molar-refractivity contribution in [1.29, 1.82) is 0 Å². The van der Waals surface area contributed by atoms with Gasteiger partial charge in [0.15, 0.2) is 0 Å². The molecule has 14 heavy (non-hydrogen) atoms. The van der Waals surface area contributed by atoms with Gasteiger partial charge in [-0.1, -0.05) is 38.1 Å². The van der Waals surface area contributed by atoms with Crippen molar-refractivity contribution in [3.05, 3.63) is 41.5 Å². The van der Waals surface area contributed by atoms with Gasteiger partial charge in [-0.25, -0.2) is 0 Å². The van der Waals surface area contributed by atoms with E-state index in [0.717, 1.165) is 5.56 Å². The fraction of sp³-hybridized carbons (Fsp3) is 0.250. The lowest BCUT2D eigenvalue weighted by molar-refractivity contribution is -0.113. The minimum absolute atomic E-state index is 0.417. The number of rotatable bonds is 3. The Morgan fingerprint density at radius 1 is 1.43 bits per heavy atom. The van der Waals surface area contributed by atoms with Gasteiger partial charge in [-0.3, -0.25) is 4.79 Å². The number of amides is 1. The largest absolute Gasteiger partial charge is 0.366 e. The average molecular weight is 189 g/mol. The Labute approximate surface area is 84.4 Å². The lowest BCUT2D eigenvalue weighted by Crippen LogP contribution is -2.05. The summed E-state index contributed by atoms with van der Waals surface area (Å²) in [6.45, 7) is 4.27. The highest BCUT2D eigenvalue weighted by Crippen LogP contribution is 2.16. The van der Waals surface area contributed by atoms with Gasteiger partial charge in [-0.05, 0) is 23.1 Å². The number of nitrogens with two attached hydrogens (primary N) is 1. The third-order valence-electron chi connectivity index (χ3n) is 2.02. The van der Waals surface area contributed by atoms with Crippen LogP contribution in [0.3, 0.4) is 0 Å². The maximum atomic E-state index is 10.5. The summed E-state index contributed by atoms with van der Waals surface area (Å²) in [6, 6.07) is 8.07. The second kappa shape index (κ2) is 4.61. The minimum Gasteiger partial charge on any atom is -0.366 e.